The number of benzene rings is 1. The topological polar surface area (TPSA) is 76.0 Å². The van der Waals surface area contributed by atoms with Crippen molar-refractivity contribution in [1.29, 1.82) is 0 Å². The van der Waals surface area contributed by atoms with Crippen LogP contribution in [0.25, 0.3) is 0 Å². The van der Waals surface area contributed by atoms with Crippen molar-refractivity contribution in [2.75, 3.05) is 37.9 Å². The average molecular weight is 377 g/mol. The molecule has 0 amide bonds. The summed E-state index contributed by atoms with van der Waals surface area (Å²) < 4.78 is 13.5. The molecule has 0 atom stereocenters. The largest absolute Gasteiger partial charge is 1.00 e. The lowest BCUT2D eigenvalue weighted by Crippen LogP contribution is -3.00. The fourth-order valence-corrected chi connectivity index (χ4v) is 1.91. The third kappa shape index (κ3) is 7.79. The van der Waals surface area contributed by atoms with Gasteiger partial charge in [0.1, 0.15) is 5.82 Å². The SMILES string of the molecule is CN1C=CN(CCCNc2ccc(N)cc2F)C1.Cl.Cl.O.[Cl-]. The van der Waals surface area contributed by atoms with Crippen molar-refractivity contribution >= 4 is 36.2 Å². The second-order valence-corrected chi connectivity index (χ2v) is 4.53. The lowest BCUT2D eigenvalue weighted by atomic mass is 10.2. The standard InChI is InChI=1S/C13H19FN4.3ClH.H2O/c1-17-7-8-18(10-17)6-2-5-16-13-4-3-11(15)9-12(13)14;;;;/h3-4,7-9,16H,2,5-6,10,15H2,1H3;3*1H;1H2/p-1. The van der Waals surface area contributed by atoms with Gasteiger partial charge in [0, 0.05) is 38.2 Å². The molecule has 2 rings (SSSR count). The fraction of sp³-hybridized carbons (Fsp3) is 0.385. The maximum Gasteiger partial charge on any atom is 0.148 e. The summed E-state index contributed by atoms with van der Waals surface area (Å²) in [6.45, 7) is 2.63. The highest BCUT2D eigenvalue weighted by atomic mass is 35.5. The van der Waals surface area contributed by atoms with Gasteiger partial charge < -0.3 is 38.7 Å². The number of anilines is 2. The third-order valence-corrected chi connectivity index (χ3v) is 2.87. The van der Waals surface area contributed by atoms with Crippen molar-refractivity contribution in [2.24, 2.45) is 0 Å². The van der Waals surface area contributed by atoms with Crippen molar-refractivity contribution < 1.29 is 22.3 Å². The highest BCUT2D eigenvalue weighted by molar-refractivity contribution is 5.85. The Labute approximate surface area is 149 Å². The smallest absolute Gasteiger partial charge is 0.148 e. The molecule has 1 aliphatic rings. The normalized spacial score (nSPS) is 11.7. The fourth-order valence-electron chi connectivity index (χ4n) is 1.91. The second-order valence-electron chi connectivity index (χ2n) is 4.53. The van der Waals surface area contributed by atoms with Crippen LogP contribution in [0, 0.1) is 5.82 Å². The molecule has 0 bridgehead atoms. The van der Waals surface area contributed by atoms with E-state index in [0.29, 0.717) is 11.4 Å². The van der Waals surface area contributed by atoms with E-state index in [2.05, 4.69) is 21.3 Å². The molecule has 0 radical (unpaired) electrons. The molecule has 0 fully saturated rings. The molecule has 5 nitrogen and oxygen atoms in total. The quantitative estimate of drug-likeness (QED) is 0.506. The summed E-state index contributed by atoms with van der Waals surface area (Å²) in [4.78, 5) is 4.34. The Kier molecular flexibility index (Phi) is 14.6. The minimum absolute atomic E-state index is 0. The second kappa shape index (κ2) is 12.5. The lowest BCUT2D eigenvalue weighted by Gasteiger charge is -2.18. The number of nitrogens with zero attached hydrogens (tertiary/aromatic N) is 2. The highest BCUT2D eigenvalue weighted by Gasteiger charge is 2.07. The molecule has 0 unspecified atom stereocenters. The summed E-state index contributed by atoms with van der Waals surface area (Å²) in [6, 6.07) is 4.71. The van der Waals surface area contributed by atoms with Crippen molar-refractivity contribution in [3.05, 3.63) is 36.4 Å². The molecule has 0 saturated carbocycles. The molecular formula is C13H23Cl3FN4O-. The molecule has 1 aromatic carbocycles. The van der Waals surface area contributed by atoms with Gasteiger partial charge in [-0.2, -0.15) is 0 Å². The van der Waals surface area contributed by atoms with E-state index in [-0.39, 0.29) is 48.5 Å². The van der Waals surface area contributed by atoms with Gasteiger partial charge in [0.25, 0.3) is 0 Å². The van der Waals surface area contributed by atoms with Crippen LogP contribution in [0.5, 0.6) is 0 Å². The van der Waals surface area contributed by atoms with Crippen LogP contribution in [0.4, 0.5) is 15.8 Å². The lowest BCUT2D eigenvalue weighted by molar-refractivity contribution is -0.00000587. The zero-order chi connectivity index (χ0) is 13.0. The van der Waals surface area contributed by atoms with Crippen LogP contribution in [-0.4, -0.2) is 42.1 Å². The van der Waals surface area contributed by atoms with Crippen LogP contribution in [-0.2, 0) is 0 Å². The van der Waals surface area contributed by atoms with Gasteiger partial charge in [-0.1, -0.05) is 0 Å². The molecule has 0 saturated heterocycles. The van der Waals surface area contributed by atoms with E-state index in [1.54, 1.807) is 12.1 Å². The van der Waals surface area contributed by atoms with Crippen LogP contribution in [0.15, 0.2) is 30.6 Å². The van der Waals surface area contributed by atoms with Gasteiger partial charge in [0.2, 0.25) is 0 Å². The molecule has 0 aliphatic carbocycles. The molecule has 22 heavy (non-hydrogen) atoms. The summed E-state index contributed by atoms with van der Waals surface area (Å²) in [5, 5.41) is 3.08. The van der Waals surface area contributed by atoms with Crippen LogP contribution < -0.4 is 23.5 Å². The number of nitrogen functional groups attached to an aromatic ring is 1. The summed E-state index contributed by atoms with van der Waals surface area (Å²) in [5.41, 5.74) is 6.45. The van der Waals surface area contributed by atoms with Crippen molar-refractivity contribution in [3.8, 4) is 0 Å². The Morgan fingerprint density at radius 1 is 1.27 bits per heavy atom. The van der Waals surface area contributed by atoms with Crippen molar-refractivity contribution in [2.45, 2.75) is 6.42 Å². The van der Waals surface area contributed by atoms with Gasteiger partial charge in [-0.15, -0.1) is 24.8 Å². The zero-order valence-corrected chi connectivity index (χ0v) is 14.6. The predicted molar refractivity (Wildman–Crippen MR) is 90.5 cm³/mol. The monoisotopic (exact) mass is 375 g/mol. The van der Waals surface area contributed by atoms with Crippen molar-refractivity contribution in [1.82, 2.24) is 9.80 Å². The maximum atomic E-state index is 13.5. The van der Waals surface area contributed by atoms with E-state index in [9.17, 15) is 4.39 Å². The molecule has 5 N–H and O–H groups in total. The Balaban J connectivity index is -0.000000902. The van der Waals surface area contributed by atoms with Crippen molar-refractivity contribution in [3.63, 3.8) is 0 Å². The number of halogens is 4. The van der Waals surface area contributed by atoms with Gasteiger partial charge in [-0.25, -0.2) is 4.39 Å². The minimum Gasteiger partial charge on any atom is -1.00 e. The molecule has 0 spiro atoms. The Morgan fingerprint density at radius 3 is 2.50 bits per heavy atom. The Morgan fingerprint density at radius 2 is 1.95 bits per heavy atom. The van der Waals surface area contributed by atoms with E-state index in [1.165, 1.54) is 6.07 Å². The third-order valence-electron chi connectivity index (χ3n) is 2.87. The van der Waals surface area contributed by atoms with Gasteiger partial charge >= 0.3 is 0 Å². The van der Waals surface area contributed by atoms with Gasteiger partial charge in [0.15, 0.2) is 0 Å². The van der Waals surface area contributed by atoms with Gasteiger partial charge in [-0.3, -0.25) is 0 Å². The predicted octanol–water partition coefficient (Wildman–Crippen LogP) is -1.09. The number of rotatable bonds is 5. The van der Waals surface area contributed by atoms with E-state index in [4.69, 9.17) is 5.73 Å². The molecule has 1 aromatic rings. The first-order chi connectivity index (χ1) is 8.65. The molecule has 1 aliphatic heterocycles. The Hall–Kier alpha value is -1.08. The summed E-state index contributed by atoms with van der Waals surface area (Å²) >= 11 is 0. The number of nitrogens with one attached hydrogen (secondary N) is 1. The van der Waals surface area contributed by atoms with Crippen LogP contribution in [0.3, 0.4) is 0 Å². The zero-order valence-electron chi connectivity index (χ0n) is 12.3. The first kappa shape index (κ1) is 25.9. The van der Waals surface area contributed by atoms with Crippen LogP contribution >= 0.6 is 24.8 Å². The molecule has 1 heterocycles. The molecular weight excluding hydrogens is 354 g/mol. The minimum atomic E-state index is -0.296. The molecule has 130 valence electrons. The number of hydrogen-bond donors (Lipinski definition) is 2. The first-order valence-corrected chi connectivity index (χ1v) is 6.06. The molecule has 0 aromatic heterocycles. The van der Waals surface area contributed by atoms with E-state index in [0.717, 1.165) is 26.2 Å². The Bertz CT molecular complexity index is 451. The van der Waals surface area contributed by atoms with Gasteiger partial charge in [-0.05, 0) is 24.6 Å². The molecule has 9 heteroatoms. The number of hydrogen-bond acceptors (Lipinski definition) is 4. The van der Waals surface area contributed by atoms with Crippen LogP contribution in [0.2, 0.25) is 0 Å². The summed E-state index contributed by atoms with van der Waals surface area (Å²) in [6.07, 6.45) is 5.08. The summed E-state index contributed by atoms with van der Waals surface area (Å²) in [7, 11) is 2.04. The maximum absolute atomic E-state index is 13.5. The number of nitrogens with two attached hydrogens (primary N) is 1. The summed E-state index contributed by atoms with van der Waals surface area (Å²) in [5.74, 6) is -0.296. The van der Waals surface area contributed by atoms with Crippen LogP contribution in [0.1, 0.15) is 6.42 Å². The highest BCUT2D eigenvalue weighted by Crippen LogP contribution is 2.16. The first-order valence-electron chi connectivity index (χ1n) is 6.06. The van der Waals surface area contributed by atoms with E-state index in [1.807, 2.05) is 13.2 Å². The average Bonchev–Trinajstić information content (AvgIpc) is 2.73. The van der Waals surface area contributed by atoms with E-state index < -0.39 is 0 Å². The van der Waals surface area contributed by atoms with E-state index >= 15 is 0 Å². The van der Waals surface area contributed by atoms with Gasteiger partial charge in [0.05, 0.1) is 12.4 Å².